The number of rotatable bonds is 5. The second-order valence-electron chi connectivity index (χ2n) is 4.54. The summed E-state index contributed by atoms with van der Waals surface area (Å²) in [5.74, 6) is 5.11. The molecule has 3 N–H and O–H groups in total. The topological polar surface area (TPSA) is 64.3 Å². The Bertz CT molecular complexity index is 728. The summed E-state index contributed by atoms with van der Waals surface area (Å²) in [4.78, 5) is 11.1. The zero-order valence-corrected chi connectivity index (χ0v) is 15.0. The van der Waals surface area contributed by atoms with Crippen LogP contribution in [0.25, 0.3) is 6.08 Å². The van der Waals surface area contributed by atoms with Crippen molar-refractivity contribution in [3.05, 3.63) is 68.1 Å². The van der Waals surface area contributed by atoms with E-state index in [0.29, 0.717) is 26.9 Å². The molecule has 0 atom stereocenters. The SMILES string of the molecule is NNC(=O)/C=C/c1cc(Cl)c(OCc2ccccc2Cl)c(Br)c1. The second kappa shape index (κ2) is 8.36. The van der Waals surface area contributed by atoms with Crippen LogP contribution >= 0.6 is 39.1 Å². The van der Waals surface area contributed by atoms with E-state index in [1.54, 1.807) is 24.3 Å². The third-order valence-electron chi connectivity index (χ3n) is 2.92. The van der Waals surface area contributed by atoms with Crippen molar-refractivity contribution in [1.29, 1.82) is 0 Å². The normalized spacial score (nSPS) is 10.8. The standard InChI is InChI=1S/C16H13BrCl2N2O2/c17-12-7-10(5-6-15(22)21-20)8-14(19)16(12)23-9-11-3-1-2-4-13(11)18/h1-8H,9,20H2,(H,21,22)/b6-5+. The van der Waals surface area contributed by atoms with Crippen LogP contribution in [0.2, 0.25) is 10.0 Å². The minimum Gasteiger partial charge on any atom is -0.486 e. The highest BCUT2D eigenvalue weighted by Gasteiger charge is 2.10. The average Bonchev–Trinajstić information content (AvgIpc) is 2.53. The van der Waals surface area contributed by atoms with Crippen LogP contribution in [0.15, 0.2) is 46.9 Å². The quantitative estimate of drug-likeness (QED) is 0.330. The highest BCUT2D eigenvalue weighted by Crippen LogP contribution is 2.35. The maximum absolute atomic E-state index is 11.1. The highest BCUT2D eigenvalue weighted by molar-refractivity contribution is 9.10. The van der Waals surface area contributed by atoms with Gasteiger partial charge in [-0.1, -0.05) is 41.4 Å². The van der Waals surface area contributed by atoms with Gasteiger partial charge < -0.3 is 4.74 Å². The number of ether oxygens (including phenoxy) is 1. The van der Waals surface area contributed by atoms with Gasteiger partial charge in [-0.15, -0.1) is 0 Å². The Morgan fingerprint density at radius 1 is 1.26 bits per heavy atom. The molecule has 0 saturated carbocycles. The van der Waals surface area contributed by atoms with E-state index in [-0.39, 0.29) is 0 Å². The Morgan fingerprint density at radius 3 is 2.65 bits per heavy atom. The molecular formula is C16H13BrCl2N2O2. The van der Waals surface area contributed by atoms with E-state index in [9.17, 15) is 4.79 Å². The van der Waals surface area contributed by atoms with Gasteiger partial charge in [0.2, 0.25) is 0 Å². The summed E-state index contributed by atoms with van der Waals surface area (Å²) in [5, 5.41) is 1.05. The van der Waals surface area contributed by atoms with Crippen LogP contribution in [-0.2, 0) is 11.4 Å². The largest absolute Gasteiger partial charge is 0.486 e. The summed E-state index contributed by atoms with van der Waals surface area (Å²) in [7, 11) is 0. The summed E-state index contributed by atoms with van der Waals surface area (Å²) in [6.07, 6.45) is 2.90. The molecule has 4 nitrogen and oxygen atoms in total. The first kappa shape index (κ1) is 17.8. The summed E-state index contributed by atoms with van der Waals surface area (Å²) < 4.78 is 6.42. The van der Waals surface area contributed by atoms with E-state index >= 15 is 0 Å². The van der Waals surface area contributed by atoms with Crippen LogP contribution in [0, 0.1) is 0 Å². The molecule has 0 bridgehead atoms. The van der Waals surface area contributed by atoms with Crippen LogP contribution in [-0.4, -0.2) is 5.91 Å². The maximum atomic E-state index is 11.1. The molecule has 0 heterocycles. The molecule has 0 aromatic heterocycles. The lowest BCUT2D eigenvalue weighted by Crippen LogP contribution is -2.27. The first-order chi connectivity index (χ1) is 11.0. The Labute approximate surface area is 152 Å². The van der Waals surface area contributed by atoms with Crippen LogP contribution in [0.3, 0.4) is 0 Å². The Hall–Kier alpha value is -1.53. The minimum atomic E-state index is -0.406. The molecule has 0 fully saturated rings. The fourth-order valence-corrected chi connectivity index (χ4v) is 2.98. The third kappa shape index (κ3) is 4.97. The fraction of sp³-hybridized carbons (Fsp3) is 0.0625. The van der Waals surface area contributed by atoms with Crippen LogP contribution in [0.1, 0.15) is 11.1 Å². The zero-order valence-electron chi connectivity index (χ0n) is 11.9. The molecular weight excluding hydrogens is 403 g/mol. The summed E-state index contributed by atoms with van der Waals surface area (Å²) in [5.41, 5.74) is 3.61. The Balaban J connectivity index is 2.16. The number of halogens is 3. The molecule has 0 radical (unpaired) electrons. The number of carbonyl (C=O) groups excluding carboxylic acids is 1. The van der Waals surface area contributed by atoms with Gasteiger partial charge in [-0.05, 0) is 45.8 Å². The molecule has 7 heteroatoms. The number of nitrogens with one attached hydrogen (secondary N) is 1. The van der Waals surface area contributed by atoms with Crippen LogP contribution < -0.4 is 16.0 Å². The van der Waals surface area contributed by atoms with Crippen molar-refractivity contribution in [2.24, 2.45) is 5.84 Å². The number of benzene rings is 2. The number of hydrazine groups is 1. The van der Waals surface area contributed by atoms with Crippen molar-refractivity contribution in [3.8, 4) is 5.75 Å². The van der Waals surface area contributed by atoms with Gasteiger partial charge in [0.15, 0.2) is 5.75 Å². The predicted octanol–water partition coefficient (Wildman–Crippen LogP) is 4.34. The van der Waals surface area contributed by atoms with Gasteiger partial charge in [0.1, 0.15) is 6.61 Å². The number of hydrogen-bond donors (Lipinski definition) is 2. The minimum absolute atomic E-state index is 0.294. The monoisotopic (exact) mass is 414 g/mol. The highest BCUT2D eigenvalue weighted by atomic mass is 79.9. The van der Waals surface area contributed by atoms with E-state index in [1.165, 1.54) is 6.08 Å². The van der Waals surface area contributed by atoms with Gasteiger partial charge >= 0.3 is 0 Å². The summed E-state index contributed by atoms with van der Waals surface area (Å²) in [6.45, 7) is 0.294. The molecule has 0 unspecified atom stereocenters. The van der Waals surface area contributed by atoms with E-state index < -0.39 is 5.91 Å². The van der Waals surface area contributed by atoms with Crippen LogP contribution in [0.5, 0.6) is 5.75 Å². The van der Waals surface area contributed by atoms with Crippen molar-refractivity contribution >= 4 is 51.1 Å². The fourth-order valence-electron chi connectivity index (χ4n) is 1.80. The Morgan fingerprint density at radius 2 is 2.00 bits per heavy atom. The van der Waals surface area contributed by atoms with E-state index in [2.05, 4.69) is 15.9 Å². The van der Waals surface area contributed by atoms with E-state index in [4.69, 9.17) is 33.8 Å². The second-order valence-corrected chi connectivity index (χ2v) is 6.20. The predicted molar refractivity (Wildman–Crippen MR) is 96.3 cm³/mol. The molecule has 23 heavy (non-hydrogen) atoms. The molecule has 0 spiro atoms. The molecule has 0 aliphatic heterocycles. The first-order valence-electron chi connectivity index (χ1n) is 6.55. The molecule has 2 aromatic rings. The number of nitrogens with two attached hydrogens (primary N) is 1. The lowest BCUT2D eigenvalue weighted by Gasteiger charge is -2.12. The van der Waals surface area contributed by atoms with Gasteiger partial charge in [0.05, 0.1) is 9.50 Å². The molecule has 0 aliphatic carbocycles. The third-order valence-corrected chi connectivity index (χ3v) is 4.16. The molecule has 2 rings (SSSR count). The Kier molecular flexibility index (Phi) is 6.47. The van der Waals surface area contributed by atoms with Crippen molar-refractivity contribution in [2.45, 2.75) is 6.61 Å². The summed E-state index contributed by atoms with van der Waals surface area (Å²) in [6, 6.07) is 10.9. The molecule has 0 aliphatic rings. The van der Waals surface area contributed by atoms with Crippen molar-refractivity contribution in [3.63, 3.8) is 0 Å². The lowest BCUT2D eigenvalue weighted by molar-refractivity contribution is -0.116. The van der Waals surface area contributed by atoms with Crippen molar-refractivity contribution < 1.29 is 9.53 Å². The number of carbonyl (C=O) groups is 1. The zero-order chi connectivity index (χ0) is 16.8. The molecule has 120 valence electrons. The maximum Gasteiger partial charge on any atom is 0.257 e. The summed E-state index contributed by atoms with van der Waals surface area (Å²) >= 11 is 15.8. The van der Waals surface area contributed by atoms with Crippen molar-refractivity contribution in [2.75, 3.05) is 0 Å². The van der Waals surface area contributed by atoms with E-state index in [1.807, 2.05) is 23.6 Å². The van der Waals surface area contributed by atoms with Gasteiger partial charge in [0, 0.05) is 16.7 Å². The van der Waals surface area contributed by atoms with Gasteiger partial charge in [-0.25, -0.2) is 5.84 Å². The van der Waals surface area contributed by atoms with Crippen molar-refractivity contribution in [1.82, 2.24) is 5.43 Å². The molecule has 1 amide bonds. The average molecular weight is 416 g/mol. The van der Waals surface area contributed by atoms with Gasteiger partial charge in [-0.3, -0.25) is 10.2 Å². The van der Waals surface area contributed by atoms with Gasteiger partial charge in [0.25, 0.3) is 5.91 Å². The van der Waals surface area contributed by atoms with Crippen LogP contribution in [0.4, 0.5) is 0 Å². The smallest absolute Gasteiger partial charge is 0.257 e. The van der Waals surface area contributed by atoms with E-state index in [0.717, 1.165) is 11.1 Å². The molecule has 2 aromatic carbocycles. The molecule has 0 saturated heterocycles. The number of amides is 1. The lowest BCUT2D eigenvalue weighted by atomic mass is 10.2. The first-order valence-corrected chi connectivity index (χ1v) is 8.10. The number of hydrogen-bond acceptors (Lipinski definition) is 3. The van der Waals surface area contributed by atoms with Gasteiger partial charge in [-0.2, -0.15) is 0 Å².